The van der Waals surface area contributed by atoms with E-state index in [9.17, 15) is 9.18 Å². The fourth-order valence-corrected chi connectivity index (χ4v) is 5.35. The first-order valence-electron chi connectivity index (χ1n) is 11.8. The zero-order valence-corrected chi connectivity index (χ0v) is 18.6. The van der Waals surface area contributed by atoms with E-state index in [1.54, 1.807) is 24.1 Å². The van der Waals surface area contributed by atoms with Crippen molar-refractivity contribution in [2.24, 2.45) is 13.0 Å². The average Bonchev–Trinajstić information content (AvgIpc) is 3.26. The van der Waals surface area contributed by atoms with Crippen LogP contribution in [0.25, 0.3) is 22.0 Å². The lowest BCUT2D eigenvalue weighted by Gasteiger charge is -2.38. The fraction of sp³-hybridized carbons (Fsp3) is 0.520. The highest BCUT2D eigenvalue weighted by Gasteiger charge is 2.30. The number of pyridine rings is 1. The van der Waals surface area contributed by atoms with Crippen LogP contribution in [0.2, 0.25) is 0 Å². The number of likely N-dealkylation sites (tertiary alicyclic amines) is 1. The Morgan fingerprint density at radius 1 is 1.09 bits per heavy atom. The number of carbonyl (C=O) groups is 1. The number of nitrogens with zero attached hydrogens (tertiary/aromatic N) is 5. The summed E-state index contributed by atoms with van der Waals surface area (Å²) in [5, 5.41) is 9.20. The first kappa shape index (κ1) is 21.2. The van der Waals surface area contributed by atoms with Crippen LogP contribution in [0.1, 0.15) is 50.6 Å². The van der Waals surface area contributed by atoms with Crippen LogP contribution in [0.15, 0.2) is 30.6 Å². The molecule has 1 aromatic carbocycles. The second kappa shape index (κ2) is 9.06. The topological polar surface area (TPSA) is 63.9 Å². The maximum atomic E-state index is 14.6. The Bertz CT molecular complexity index is 1110. The summed E-state index contributed by atoms with van der Waals surface area (Å²) in [4.78, 5) is 20.0. The van der Waals surface area contributed by atoms with Gasteiger partial charge >= 0.3 is 0 Å². The standard InChI is InChI=1S/C25H30FN5O/c1-30-16-24(28-29-30)19-11-18-12-20(27-15-22(18)23(26)13-19)14-25(32)17-5-7-21(8-6-17)31-9-3-2-4-10-31/h11-13,15-17,21H,2-10,14H2,1H3. The van der Waals surface area contributed by atoms with E-state index in [1.807, 2.05) is 12.1 Å². The summed E-state index contributed by atoms with van der Waals surface area (Å²) in [6, 6.07) is 5.84. The lowest BCUT2D eigenvalue weighted by Crippen LogP contribution is -2.42. The zero-order chi connectivity index (χ0) is 22.1. The highest BCUT2D eigenvalue weighted by Crippen LogP contribution is 2.31. The molecular weight excluding hydrogens is 405 g/mol. The van der Waals surface area contributed by atoms with Gasteiger partial charge in [-0.3, -0.25) is 14.5 Å². The minimum atomic E-state index is -0.343. The van der Waals surface area contributed by atoms with Gasteiger partial charge in [-0.1, -0.05) is 11.6 Å². The SMILES string of the molecule is Cn1cc(-c2cc(F)c3cnc(CC(=O)C4CCC(N5CCCCC5)CC4)cc3c2)nn1. The predicted octanol–water partition coefficient (Wildman–Crippen LogP) is 4.33. The minimum Gasteiger partial charge on any atom is -0.300 e. The Morgan fingerprint density at radius 3 is 2.59 bits per heavy atom. The second-order valence-corrected chi connectivity index (χ2v) is 9.38. The van der Waals surface area contributed by atoms with E-state index in [-0.39, 0.29) is 17.5 Å². The third-order valence-corrected chi connectivity index (χ3v) is 7.16. The van der Waals surface area contributed by atoms with Gasteiger partial charge < -0.3 is 4.90 Å². The molecule has 7 heteroatoms. The van der Waals surface area contributed by atoms with Crippen molar-refractivity contribution in [2.75, 3.05) is 13.1 Å². The highest BCUT2D eigenvalue weighted by atomic mass is 19.1. The summed E-state index contributed by atoms with van der Waals surface area (Å²) in [6.45, 7) is 2.44. The average molecular weight is 436 g/mol. The molecule has 2 fully saturated rings. The van der Waals surface area contributed by atoms with E-state index in [4.69, 9.17) is 0 Å². The van der Waals surface area contributed by atoms with Crippen LogP contribution in [0.4, 0.5) is 4.39 Å². The van der Waals surface area contributed by atoms with E-state index in [0.717, 1.165) is 31.1 Å². The molecule has 1 saturated heterocycles. The van der Waals surface area contributed by atoms with Gasteiger partial charge in [-0.25, -0.2) is 4.39 Å². The van der Waals surface area contributed by atoms with Crippen LogP contribution >= 0.6 is 0 Å². The second-order valence-electron chi connectivity index (χ2n) is 9.38. The summed E-state index contributed by atoms with van der Waals surface area (Å²) in [7, 11) is 1.78. The molecule has 0 spiro atoms. The summed E-state index contributed by atoms with van der Waals surface area (Å²) >= 11 is 0. The largest absolute Gasteiger partial charge is 0.300 e. The Labute approximate surface area is 187 Å². The van der Waals surface area contributed by atoms with Crippen LogP contribution in [0, 0.1) is 11.7 Å². The van der Waals surface area contributed by atoms with Gasteiger partial charge in [0.25, 0.3) is 0 Å². The molecule has 1 saturated carbocycles. The predicted molar refractivity (Wildman–Crippen MR) is 122 cm³/mol. The fourth-order valence-electron chi connectivity index (χ4n) is 5.35. The summed E-state index contributed by atoms with van der Waals surface area (Å²) < 4.78 is 16.2. The van der Waals surface area contributed by atoms with Crippen molar-refractivity contribution in [2.45, 2.75) is 57.4 Å². The number of carbonyl (C=O) groups excluding carboxylic acids is 1. The number of benzene rings is 1. The molecule has 5 rings (SSSR count). The molecule has 2 aliphatic rings. The van der Waals surface area contributed by atoms with Gasteiger partial charge in [0.05, 0.1) is 6.20 Å². The first-order valence-corrected chi connectivity index (χ1v) is 11.8. The molecular formula is C25H30FN5O. The van der Waals surface area contributed by atoms with Crippen LogP contribution in [0.5, 0.6) is 0 Å². The van der Waals surface area contributed by atoms with Crippen molar-refractivity contribution in [3.05, 3.63) is 42.1 Å². The molecule has 0 amide bonds. The number of ketones is 1. The number of rotatable bonds is 5. The van der Waals surface area contributed by atoms with Gasteiger partial charge in [-0.15, -0.1) is 5.10 Å². The summed E-state index contributed by atoms with van der Waals surface area (Å²) in [5.74, 6) is 0.0419. The molecule has 168 valence electrons. The van der Waals surface area contributed by atoms with Gasteiger partial charge in [-0.2, -0.15) is 0 Å². The molecule has 0 atom stereocenters. The molecule has 0 radical (unpaired) electrons. The molecule has 0 N–H and O–H groups in total. The van der Waals surface area contributed by atoms with Gasteiger partial charge in [0, 0.05) is 48.3 Å². The maximum Gasteiger partial charge on any atom is 0.141 e. The molecule has 0 bridgehead atoms. The quantitative estimate of drug-likeness (QED) is 0.597. The number of hydrogen-bond acceptors (Lipinski definition) is 5. The van der Waals surface area contributed by atoms with Crippen LogP contribution in [-0.4, -0.2) is 49.8 Å². The van der Waals surface area contributed by atoms with Gasteiger partial charge in [0.2, 0.25) is 0 Å². The first-order chi connectivity index (χ1) is 15.6. The Kier molecular flexibility index (Phi) is 6.00. The lowest BCUT2D eigenvalue weighted by atomic mass is 9.81. The number of aryl methyl sites for hydroxylation is 1. The van der Waals surface area contributed by atoms with Crippen molar-refractivity contribution in [1.82, 2.24) is 24.9 Å². The van der Waals surface area contributed by atoms with Gasteiger partial charge in [-0.05, 0) is 75.2 Å². The van der Waals surface area contributed by atoms with Crippen molar-refractivity contribution >= 4 is 16.6 Å². The van der Waals surface area contributed by atoms with Crippen LogP contribution in [-0.2, 0) is 18.3 Å². The lowest BCUT2D eigenvalue weighted by molar-refractivity contribution is -0.123. The molecule has 32 heavy (non-hydrogen) atoms. The zero-order valence-electron chi connectivity index (χ0n) is 18.6. The third-order valence-electron chi connectivity index (χ3n) is 7.16. The van der Waals surface area contributed by atoms with Crippen molar-refractivity contribution < 1.29 is 9.18 Å². The molecule has 3 aromatic rings. The van der Waals surface area contributed by atoms with Gasteiger partial charge in [0.1, 0.15) is 17.3 Å². The van der Waals surface area contributed by atoms with Crippen LogP contribution in [0.3, 0.4) is 0 Å². The normalized spacial score (nSPS) is 22.3. The molecule has 1 aliphatic heterocycles. The molecule has 0 unspecified atom stereocenters. The van der Waals surface area contributed by atoms with E-state index >= 15 is 0 Å². The molecule has 6 nitrogen and oxygen atoms in total. The number of Topliss-reactive ketones (excluding diaryl/α,β-unsaturated/α-hetero) is 1. The molecule has 3 heterocycles. The number of halogens is 1. The number of hydrogen-bond donors (Lipinski definition) is 0. The highest BCUT2D eigenvalue weighted by molar-refractivity contribution is 5.88. The van der Waals surface area contributed by atoms with E-state index in [2.05, 4.69) is 20.2 Å². The molecule has 2 aromatic heterocycles. The van der Waals surface area contributed by atoms with Gasteiger partial charge in [0.15, 0.2) is 0 Å². The maximum absolute atomic E-state index is 14.6. The Balaban J connectivity index is 1.27. The summed E-state index contributed by atoms with van der Waals surface area (Å²) in [6.07, 6.45) is 11.8. The van der Waals surface area contributed by atoms with Crippen molar-refractivity contribution in [3.63, 3.8) is 0 Å². The number of fused-ring (bicyclic) bond motifs is 1. The van der Waals surface area contributed by atoms with Crippen molar-refractivity contribution in [1.29, 1.82) is 0 Å². The number of piperidine rings is 1. The van der Waals surface area contributed by atoms with Crippen LogP contribution < -0.4 is 0 Å². The van der Waals surface area contributed by atoms with E-state index in [1.165, 1.54) is 38.4 Å². The van der Waals surface area contributed by atoms with E-state index < -0.39 is 0 Å². The smallest absolute Gasteiger partial charge is 0.141 e. The van der Waals surface area contributed by atoms with E-state index in [0.29, 0.717) is 34.8 Å². The summed E-state index contributed by atoms with van der Waals surface area (Å²) in [5.41, 5.74) is 1.99. The Hall–Kier alpha value is -2.67. The number of aromatic nitrogens is 4. The minimum absolute atomic E-state index is 0.121. The van der Waals surface area contributed by atoms with Crippen molar-refractivity contribution in [3.8, 4) is 11.3 Å². The monoisotopic (exact) mass is 435 g/mol. The third kappa shape index (κ3) is 4.44. The Morgan fingerprint density at radius 2 is 1.88 bits per heavy atom. The molecule has 1 aliphatic carbocycles.